The van der Waals surface area contributed by atoms with Crippen molar-refractivity contribution in [3.63, 3.8) is 0 Å². The van der Waals surface area contributed by atoms with Gasteiger partial charge >= 0.3 is 5.97 Å². The summed E-state index contributed by atoms with van der Waals surface area (Å²) in [5.41, 5.74) is 0.954. The molecule has 0 saturated carbocycles. The van der Waals surface area contributed by atoms with Crippen LogP contribution in [-0.4, -0.2) is 34.3 Å². The number of rotatable bonds is 5. The summed E-state index contributed by atoms with van der Waals surface area (Å²) in [6.45, 7) is 1.82. The van der Waals surface area contributed by atoms with Crippen molar-refractivity contribution in [1.82, 2.24) is 9.97 Å². The molecule has 0 bridgehead atoms. The number of furan rings is 1. The molecular weight excluding hydrogens is 274 g/mol. The maximum Gasteiger partial charge on any atom is 0.371 e. The van der Waals surface area contributed by atoms with Gasteiger partial charge in [0.15, 0.2) is 0 Å². The molecule has 7 nitrogen and oxygen atoms in total. The highest BCUT2D eigenvalue weighted by atomic mass is 16.5. The Bertz CT molecular complexity index is 635. The zero-order valence-electron chi connectivity index (χ0n) is 11.3. The summed E-state index contributed by atoms with van der Waals surface area (Å²) >= 11 is 0. The van der Waals surface area contributed by atoms with Crippen LogP contribution in [-0.2, 0) is 11.3 Å². The first kappa shape index (κ1) is 13.6. The van der Waals surface area contributed by atoms with Crippen molar-refractivity contribution in [3.05, 3.63) is 41.7 Å². The number of nitrogens with zero attached hydrogens (tertiary/aromatic N) is 2. The van der Waals surface area contributed by atoms with Crippen LogP contribution >= 0.6 is 0 Å². The molecule has 0 radical (unpaired) electrons. The largest absolute Gasteiger partial charge is 0.475 e. The average Bonchev–Trinajstić information content (AvgIpc) is 3.17. The third-order valence-corrected chi connectivity index (χ3v) is 3.35. The Labute approximate surface area is 121 Å². The molecule has 1 fully saturated rings. The zero-order valence-corrected chi connectivity index (χ0v) is 11.3. The van der Waals surface area contributed by atoms with Crippen LogP contribution < -0.4 is 5.32 Å². The van der Waals surface area contributed by atoms with Gasteiger partial charge in [-0.15, -0.1) is 0 Å². The van der Waals surface area contributed by atoms with E-state index in [0.717, 1.165) is 18.7 Å². The van der Waals surface area contributed by atoms with Gasteiger partial charge in [0, 0.05) is 18.6 Å². The molecule has 0 amide bonds. The van der Waals surface area contributed by atoms with Crippen LogP contribution in [0.2, 0.25) is 0 Å². The summed E-state index contributed by atoms with van der Waals surface area (Å²) in [4.78, 5) is 19.2. The lowest BCUT2D eigenvalue weighted by Gasteiger charge is -2.09. The van der Waals surface area contributed by atoms with Gasteiger partial charge < -0.3 is 19.6 Å². The number of carbonyl (C=O) groups is 1. The summed E-state index contributed by atoms with van der Waals surface area (Å²) in [5, 5.41) is 11.9. The van der Waals surface area contributed by atoms with Crippen molar-refractivity contribution in [2.75, 3.05) is 18.5 Å². The topological polar surface area (TPSA) is 97.5 Å². The number of anilines is 1. The van der Waals surface area contributed by atoms with Gasteiger partial charge in [-0.3, -0.25) is 0 Å². The molecule has 0 unspecified atom stereocenters. The first-order valence-corrected chi connectivity index (χ1v) is 6.68. The molecular formula is C14H15N3O4. The molecule has 1 aliphatic heterocycles. The fourth-order valence-corrected chi connectivity index (χ4v) is 2.23. The quantitative estimate of drug-likeness (QED) is 0.867. The second-order valence-electron chi connectivity index (χ2n) is 4.81. The predicted octanol–water partition coefficient (Wildman–Crippen LogP) is 1.88. The van der Waals surface area contributed by atoms with Gasteiger partial charge in [-0.2, -0.15) is 0 Å². The normalized spacial score (nSPS) is 17.8. The maximum absolute atomic E-state index is 10.7. The minimum Gasteiger partial charge on any atom is -0.475 e. The number of aromatic nitrogens is 2. The summed E-state index contributed by atoms with van der Waals surface area (Å²) in [5.74, 6) is 0.387. The summed E-state index contributed by atoms with van der Waals surface area (Å²) in [6.07, 6.45) is 2.48. The van der Waals surface area contributed by atoms with Gasteiger partial charge in [-0.1, -0.05) is 0 Å². The van der Waals surface area contributed by atoms with Gasteiger partial charge in [-0.05, 0) is 18.6 Å². The summed E-state index contributed by atoms with van der Waals surface area (Å²) in [6, 6.07) is 4.95. The molecule has 110 valence electrons. The van der Waals surface area contributed by atoms with Crippen LogP contribution in [0, 0.1) is 0 Å². The first-order valence-electron chi connectivity index (χ1n) is 6.68. The van der Waals surface area contributed by atoms with Gasteiger partial charge in [-0.25, -0.2) is 14.8 Å². The fraction of sp³-hybridized carbons (Fsp3) is 0.357. The molecule has 2 aromatic rings. The Balaban J connectivity index is 1.64. The molecule has 2 aromatic heterocycles. The van der Waals surface area contributed by atoms with E-state index in [4.69, 9.17) is 14.3 Å². The lowest BCUT2D eigenvalue weighted by Crippen LogP contribution is -2.05. The molecule has 7 heteroatoms. The Morgan fingerprint density at radius 1 is 1.43 bits per heavy atom. The SMILES string of the molecule is O=C(O)c1ccc(CNc2cc([C@@H]3CCOC3)ncn2)o1. The summed E-state index contributed by atoms with van der Waals surface area (Å²) in [7, 11) is 0. The fourth-order valence-electron chi connectivity index (χ4n) is 2.23. The van der Waals surface area contributed by atoms with Crippen molar-refractivity contribution < 1.29 is 19.1 Å². The third kappa shape index (κ3) is 3.19. The van der Waals surface area contributed by atoms with Gasteiger partial charge in [0.2, 0.25) is 5.76 Å². The van der Waals surface area contributed by atoms with Crippen LogP contribution in [0.5, 0.6) is 0 Å². The van der Waals surface area contributed by atoms with Crippen LogP contribution in [0.15, 0.2) is 28.9 Å². The number of hydrogen-bond donors (Lipinski definition) is 2. The molecule has 0 aliphatic carbocycles. The Morgan fingerprint density at radius 2 is 2.33 bits per heavy atom. The van der Waals surface area contributed by atoms with Crippen molar-refractivity contribution >= 4 is 11.8 Å². The molecule has 1 atom stereocenters. The van der Waals surface area contributed by atoms with Crippen LogP contribution in [0.25, 0.3) is 0 Å². The van der Waals surface area contributed by atoms with E-state index in [-0.39, 0.29) is 5.76 Å². The minimum atomic E-state index is -1.08. The average molecular weight is 289 g/mol. The van der Waals surface area contributed by atoms with E-state index in [1.165, 1.54) is 12.4 Å². The number of nitrogens with one attached hydrogen (secondary N) is 1. The first-order chi connectivity index (χ1) is 10.2. The Kier molecular flexibility index (Phi) is 3.83. The Hall–Kier alpha value is -2.41. The molecule has 1 saturated heterocycles. The van der Waals surface area contributed by atoms with Gasteiger partial charge in [0.05, 0.1) is 18.8 Å². The third-order valence-electron chi connectivity index (χ3n) is 3.35. The lowest BCUT2D eigenvalue weighted by atomic mass is 10.1. The molecule has 0 spiro atoms. The number of carboxylic acids is 1. The van der Waals surface area contributed by atoms with E-state index in [1.54, 1.807) is 6.07 Å². The van der Waals surface area contributed by atoms with Crippen molar-refractivity contribution in [3.8, 4) is 0 Å². The van der Waals surface area contributed by atoms with E-state index in [1.807, 2.05) is 6.07 Å². The molecule has 3 heterocycles. The number of carboxylic acid groups (broad SMARTS) is 1. The second-order valence-corrected chi connectivity index (χ2v) is 4.81. The molecule has 2 N–H and O–H groups in total. The highest BCUT2D eigenvalue weighted by Gasteiger charge is 2.19. The van der Waals surface area contributed by atoms with E-state index in [0.29, 0.717) is 30.6 Å². The van der Waals surface area contributed by atoms with Crippen LogP contribution in [0.3, 0.4) is 0 Å². The standard InChI is InChI=1S/C14H15N3O4/c18-14(19)12-2-1-10(21-12)6-15-13-5-11(16-8-17-13)9-3-4-20-7-9/h1-2,5,8-9H,3-4,6-7H2,(H,18,19)(H,15,16,17)/t9-/m1/s1. The molecule has 3 rings (SSSR count). The zero-order chi connectivity index (χ0) is 14.7. The van der Waals surface area contributed by atoms with Crippen LogP contribution in [0.1, 0.15) is 34.3 Å². The Morgan fingerprint density at radius 3 is 3.05 bits per heavy atom. The maximum atomic E-state index is 10.7. The second kappa shape index (κ2) is 5.92. The van der Waals surface area contributed by atoms with E-state index >= 15 is 0 Å². The van der Waals surface area contributed by atoms with E-state index in [2.05, 4.69) is 15.3 Å². The van der Waals surface area contributed by atoms with Crippen LogP contribution in [0.4, 0.5) is 5.82 Å². The summed E-state index contributed by atoms with van der Waals surface area (Å²) < 4.78 is 10.5. The minimum absolute atomic E-state index is 0.0710. The molecule has 1 aliphatic rings. The highest BCUT2D eigenvalue weighted by Crippen LogP contribution is 2.24. The predicted molar refractivity (Wildman–Crippen MR) is 73.2 cm³/mol. The van der Waals surface area contributed by atoms with Gasteiger partial charge in [0.25, 0.3) is 0 Å². The lowest BCUT2D eigenvalue weighted by molar-refractivity contribution is 0.0660. The van der Waals surface area contributed by atoms with E-state index in [9.17, 15) is 4.79 Å². The highest BCUT2D eigenvalue weighted by molar-refractivity contribution is 5.84. The van der Waals surface area contributed by atoms with Crippen molar-refractivity contribution in [1.29, 1.82) is 0 Å². The van der Waals surface area contributed by atoms with Crippen molar-refractivity contribution in [2.45, 2.75) is 18.9 Å². The number of hydrogen-bond acceptors (Lipinski definition) is 6. The number of aromatic carboxylic acids is 1. The monoisotopic (exact) mass is 289 g/mol. The molecule has 0 aromatic carbocycles. The molecule has 21 heavy (non-hydrogen) atoms. The smallest absolute Gasteiger partial charge is 0.371 e. The number of ether oxygens (including phenoxy) is 1. The van der Waals surface area contributed by atoms with Gasteiger partial charge in [0.1, 0.15) is 17.9 Å². The van der Waals surface area contributed by atoms with E-state index < -0.39 is 5.97 Å². The van der Waals surface area contributed by atoms with Crippen molar-refractivity contribution in [2.24, 2.45) is 0 Å².